The van der Waals surface area contributed by atoms with Crippen molar-refractivity contribution < 1.29 is 19.1 Å². The maximum atomic E-state index is 12.5. The number of carbonyl (C=O) groups is 2. The molecule has 0 spiro atoms. The molecular formula is C16H26N2O4S. The molecule has 3 fully saturated rings. The van der Waals surface area contributed by atoms with E-state index < -0.39 is 5.79 Å². The summed E-state index contributed by atoms with van der Waals surface area (Å²) in [7, 11) is 0. The third-order valence-electron chi connectivity index (χ3n) is 4.99. The van der Waals surface area contributed by atoms with Gasteiger partial charge in [-0.25, -0.2) is 0 Å². The normalized spacial score (nSPS) is 33.8. The maximum absolute atomic E-state index is 12.5. The number of ether oxygens (including phenoxy) is 2. The second kappa shape index (κ2) is 6.26. The maximum Gasteiger partial charge on any atom is 0.243 e. The largest absolute Gasteiger partial charge is 0.354 e. The van der Waals surface area contributed by atoms with E-state index in [4.69, 9.17) is 9.47 Å². The summed E-state index contributed by atoms with van der Waals surface area (Å²) in [5.74, 6) is 0.466. The molecule has 3 aliphatic heterocycles. The highest BCUT2D eigenvalue weighted by Gasteiger charge is 2.52. The average molecular weight is 342 g/mol. The van der Waals surface area contributed by atoms with Crippen LogP contribution in [-0.4, -0.2) is 58.9 Å². The lowest BCUT2D eigenvalue weighted by Crippen LogP contribution is -2.50. The molecule has 3 rings (SSSR count). The quantitative estimate of drug-likeness (QED) is 0.817. The van der Waals surface area contributed by atoms with E-state index in [1.165, 1.54) is 0 Å². The molecule has 130 valence electrons. The van der Waals surface area contributed by atoms with E-state index in [-0.39, 0.29) is 28.6 Å². The van der Waals surface area contributed by atoms with Crippen LogP contribution in [0, 0.1) is 5.92 Å². The zero-order valence-corrected chi connectivity index (χ0v) is 14.9. The fourth-order valence-electron chi connectivity index (χ4n) is 3.79. The van der Waals surface area contributed by atoms with Crippen LogP contribution in [0.2, 0.25) is 0 Å². The lowest BCUT2D eigenvalue weighted by atomic mass is 10.0. The van der Waals surface area contributed by atoms with Crippen molar-refractivity contribution in [1.82, 2.24) is 10.2 Å². The summed E-state index contributed by atoms with van der Waals surface area (Å²) in [4.78, 5) is 26.2. The zero-order chi connectivity index (χ0) is 16.7. The van der Waals surface area contributed by atoms with Crippen LogP contribution in [0.1, 0.15) is 40.0 Å². The van der Waals surface area contributed by atoms with Crippen LogP contribution < -0.4 is 5.32 Å². The van der Waals surface area contributed by atoms with Crippen LogP contribution >= 0.6 is 11.8 Å². The summed E-state index contributed by atoms with van der Waals surface area (Å²) in [5, 5.41) is 3.01. The first kappa shape index (κ1) is 17.0. The third-order valence-corrected chi connectivity index (χ3v) is 6.49. The fraction of sp³-hybridized carbons (Fsp3) is 0.875. The first-order valence-corrected chi connectivity index (χ1v) is 9.33. The Morgan fingerprint density at radius 3 is 2.83 bits per heavy atom. The Hall–Kier alpha value is -0.790. The van der Waals surface area contributed by atoms with Gasteiger partial charge in [0.1, 0.15) is 6.04 Å². The van der Waals surface area contributed by atoms with E-state index in [1.807, 2.05) is 6.92 Å². The molecule has 3 heterocycles. The second-order valence-corrected chi connectivity index (χ2v) is 8.65. The molecule has 6 nitrogen and oxygen atoms in total. The highest BCUT2D eigenvalue weighted by molar-refractivity contribution is 8.01. The van der Waals surface area contributed by atoms with Gasteiger partial charge in [-0.15, -0.1) is 11.8 Å². The predicted octanol–water partition coefficient (Wildman–Crippen LogP) is 1.35. The molecule has 23 heavy (non-hydrogen) atoms. The third kappa shape index (κ3) is 3.37. The monoisotopic (exact) mass is 342 g/mol. The minimum absolute atomic E-state index is 0.0401. The molecule has 3 unspecified atom stereocenters. The number of hydrogen-bond acceptors (Lipinski definition) is 5. The predicted molar refractivity (Wildman–Crippen MR) is 87.8 cm³/mol. The molecule has 7 heteroatoms. The first-order chi connectivity index (χ1) is 10.8. The summed E-state index contributed by atoms with van der Waals surface area (Å²) in [6.07, 6.45) is 2.13. The van der Waals surface area contributed by atoms with Crippen molar-refractivity contribution in [1.29, 1.82) is 0 Å². The first-order valence-electron chi connectivity index (χ1n) is 8.35. The average Bonchev–Trinajstić information content (AvgIpc) is 3.13. The van der Waals surface area contributed by atoms with Crippen molar-refractivity contribution in [3.8, 4) is 0 Å². The highest BCUT2D eigenvalue weighted by atomic mass is 32.2. The molecule has 0 aromatic rings. The van der Waals surface area contributed by atoms with Crippen LogP contribution in [0.4, 0.5) is 0 Å². The Labute approximate surface area is 141 Å². The smallest absolute Gasteiger partial charge is 0.243 e. The number of nitrogens with one attached hydrogen (secondary N) is 1. The van der Waals surface area contributed by atoms with E-state index in [1.54, 1.807) is 16.7 Å². The van der Waals surface area contributed by atoms with Crippen molar-refractivity contribution in [3.05, 3.63) is 0 Å². The van der Waals surface area contributed by atoms with Gasteiger partial charge in [0.15, 0.2) is 5.79 Å². The number of carbonyl (C=O) groups excluding carboxylic acids is 2. The molecule has 0 saturated carbocycles. The molecule has 0 radical (unpaired) electrons. The summed E-state index contributed by atoms with van der Waals surface area (Å²) in [6, 6.07) is -0.332. The van der Waals surface area contributed by atoms with Gasteiger partial charge in [0.25, 0.3) is 0 Å². The summed E-state index contributed by atoms with van der Waals surface area (Å²) in [6.45, 7) is 7.91. The Morgan fingerprint density at radius 1 is 1.43 bits per heavy atom. The Bertz CT molecular complexity index is 494. The summed E-state index contributed by atoms with van der Waals surface area (Å²) < 4.78 is 11.2. The van der Waals surface area contributed by atoms with Crippen LogP contribution in [-0.2, 0) is 19.1 Å². The van der Waals surface area contributed by atoms with Gasteiger partial charge in [0.05, 0.1) is 18.1 Å². The minimum Gasteiger partial charge on any atom is -0.354 e. The zero-order valence-electron chi connectivity index (χ0n) is 14.1. The van der Waals surface area contributed by atoms with Crippen LogP contribution in [0.3, 0.4) is 0 Å². The molecular weight excluding hydrogens is 316 g/mol. The molecule has 3 saturated heterocycles. The van der Waals surface area contributed by atoms with Crippen molar-refractivity contribution >= 4 is 23.6 Å². The number of fused-ring (bicyclic) bond motifs is 1. The molecule has 0 aromatic heterocycles. The molecule has 0 aromatic carbocycles. The Kier molecular flexibility index (Phi) is 4.64. The van der Waals surface area contributed by atoms with Gasteiger partial charge in [-0.05, 0) is 26.2 Å². The summed E-state index contributed by atoms with van der Waals surface area (Å²) >= 11 is 1.72. The van der Waals surface area contributed by atoms with E-state index in [0.29, 0.717) is 31.9 Å². The van der Waals surface area contributed by atoms with Gasteiger partial charge in [0, 0.05) is 25.1 Å². The fourth-order valence-corrected chi connectivity index (χ4v) is 5.22. The SMILES string of the molecule is CC(CNC(=O)C1CSC2(C)CCC(=O)N12)CC1(C)OCCO1. The van der Waals surface area contributed by atoms with Crippen LogP contribution in [0.5, 0.6) is 0 Å². The molecule has 2 amide bonds. The number of rotatable bonds is 5. The molecule has 3 atom stereocenters. The number of thioether (sulfide) groups is 1. The van der Waals surface area contributed by atoms with Crippen molar-refractivity contribution in [2.24, 2.45) is 5.92 Å². The highest BCUT2D eigenvalue weighted by Crippen LogP contribution is 2.47. The minimum atomic E-state index is -0.531. The molecule has 3 aliphatic rings. The van der Waals surface area contributed by atoms with Gasteiger partial charge < -0.3 is 19.7 Å². The van der Waals surface area contributed by atoms with E-state index in [9.17, 15) is 9.59 Å². The van der Waals surface area contributed by atoms with Gasteiger partial charge in [-0.3, -0.25) is 9.59 Å². The lowest BCUT2D eigenvalue weighted by molar-refractivity contribution is -0.154. The Balaban J connectivity index is 1.50. The number of amides is 2. The van der Waals surface area contributed by atoms with Crippen molar-refractivity contribution in [2.75, 3.05) is 25.5 Å². The van der Waals surface area contributed by atoms with E-state index in [0.717, 1.165) is 12.8 Å². The van der Waals surface area contributed by atoms with E-state index >= 15 is 0 Å². The van der Waals surface area contributed by atoms with Gasteiger partial charge in [0.2, 0.25) is 11.8 Å². The van der Waals surface area contributed by atoms with E-state index in [2.05, 4.69) is 19.2 Å². The van der Waals surface area contributed by atoms with Crippen molar-refractivity contribution in [3.63, 3.8) is 0 Å². The Morgan fingerprint density at radius 2 is 2.13 bits per heavy atom. The second-order valence-electron chi connectivity index (χ2n) is 7.15. The molecule has 1 N–H and O–H groups in total. The topological polar surface area (TPSA) is 67.9 Å². The van der Waals surface area contributed by atoms with Crippen molar-refractivity contribution in [2.45, 2.75) is 56.7 Å². The van der Waals surface area contributed by atoms with Crippen LogP contribution in [0.15, 0.2) is 0 Å². The standard InChI is InChI=1S/C16H26N2O4S/c1-11(8-16(3)21-6-7-22-16)9-17-14(20)12-10-23-15(2)5-4-13(19)18(12)15/h11-12H,4-10H2,1-3H3,(H,17,20). The molecule has 0 bridgehead atoms. The summed E-state index contributed by atoms with van der Waals surface area (Å²) in [5.41, 5.74) is 0. The molecule has 0 aliphatic carbocycles. The van der Waals surface area contributed by atoms with Gasteiger partial charge in [-0.1, -0.05) is 6.92 Å². The van der Waals surface area contributed by atoms with Crippen LogP contribution in [0.25, 0.3) is 0 Å². The number of nitrogens with zero attached hydrogens (tertiary/aromatic N) is 1. The lowest BCUT2D eigenvalue weighted by Gasteiger charge is -2.30. The van der Waals surface area contributed by atoms with Gasteiger partial charge in [-0.2, -0.15) is 0 Å². The number of hydrogen-bond donors (Lipinski definition) is 1. The van der Waals surface area contributed by atoms with Gasteiger partial charge >= 0.3 is 0 Å².